The molecule has 0 radical (unpaired) electrons. The molecular weight excluding hydrogens is 344 g/mol. The van der Waals surface area contributed by atoms with E-state index in [0.717, 1.165) is 11.1 Å². The maximum absolute atomic E-state index is 12.1. The zero-order valence-corrected chi connectivity index (χ0v) is 15.6. The van der Waals surface area contributed by atoms with Gasteiger partial charge in [0.05, 0.1) is 38.6 Å². The number of aromatic amines is 1. The predicted octanol–water partition coefficient (Wildman–Crippen LogP) is 3.87. The summed E-state index contributed by atoms with van der Waals surface area (Å²) in [5, 5.41) is 0. The second-order valence-electron chi connectivity index (χ2n) is 5.83. The van der Waals surface area contributed by atoms with E-state index in [2.05, 4.69) is 4.98 Å². The van der Waals surface area contributed by atoms with Gasteiger partial charge in [-0.25, -0.2) is 4.98 Å². The summed E-state index contributed by atoms with van der Waals surface area (Å²) in [4.78, 5) is 20.1. The molecule has 0 aliphatic heterocycles. The summed E-state index contributed by atoms with van der Waals surface area (Å²) in [6.45, 7) is 2.12. The Morgan fingerprint density at radius 3 is 2.41 bits per heavy atom. The van der Waals surface area contributed by atoms with Crippen molar-refractivity contribution in [3.8, 4) is 34.1 Å². The van der Waals surface area contributed by atoms with Crippen LogP contribution in [0.15, 0.2) is 48.5 Å². The molecule has 3 aromatic rings. The van der Waals surface area contributed by atoms with Crippen LogP contribution < -0.4 is 9.47 Å². The first-order valence-corrected chi connectivity index (χ1v) is 8.68. The standard InChI is InChI=1S/C21H22N2O4/c1-4-27-19(24)13-16-20(15-10-11-17(25-2)18(12-15)26-3)23-21(22-16)14-8-6-5-7-9-14/h5-12H,4,13H2,1-3H3,(H,22,23). The monoisotopic (exact) mass is 366 g/mol. The largest absolute Gasteiger partial charge is 0.493 e. The zero-order valence-electron chi connectivity index (χ0n) is 15.6. The van der Waals surface area contributed by atoms with E-state index in [0.29, 0.717) is 35.3 Å². The molecule has 0 aliphatic carbocycles. The number of benzene rings is 2. The molecule has 0 fully saturated rings. The van der Waals surface area contributed by atoms with Gasteiger partial charge in [-0.3, -0.25) is 4.79 Å². The highest BCUT2D eigenvalue weighted by atomic mass is 16.5. The lowest BCUT2D eigenvalue weighted by molar-refractivity contribution is -0.142. The van der Waals surface area contributed by atoms with Gasteiger partial charge in [0.25, 0.3) is 0 Å². The van der Waals surface area contributed by atoms with Crippen molar-refractivity contribution in [3.63, 3.8) is 0 Å². The smallest absolute Gasteiger partial charge is 0.311 e. The first-order chi connectivity index (χ1) is 13.2. The number of imidazole rings is 1. The van der Waals surface area contributed by atoms with E-state index in [1.165, 1.54) is 0 Å². The lowest BCUT2D eigenvalue weighted by atomic mass is 10.1. The molecule has 2 aromatic carbocycles. The molecule has 6 nitrogen and oxygen atoms in total. The van der Waals surface area contributed by atoms with E-state index < -0.39 is 0 Å². The molecule has 1 heterocycles. The second-order valence-corrected chi connectivity index (χ2v) is 5.83. The predicted molar refractivity (Wildman–Crippen MR) is 103 cm³/mol. The summed E-state index contributed by atoms with van der Waals surface area (Å²) in [6, 6.07) is 15.3. The van der Waals surface area contributed by atoms with Gasteiger partial charge in [0.15, 0.2) is 11.5 Å². The Morgan fingerprint density at radius 1 is 1.00 bits per heavy atom. The fourth-order valence-electron chi connectivity index (χ4n) is 2.85. The molecule has 0 saturated heterocycles. The van der Waals surface area contributed by atoms with Gasteiger partial charge in [-0.2, -0.15) is 0 Å². The van der Waals surface area contributed by atoms with Crippen LogP contribution in [-0.2, 0) is 16.0 Å². The topological polar surface area (TPSA) is 73.4 Å². The lowest BCUT2D eigenvalue weighted by Crippen LogP contribution is -2.08. The Kier molecular flexibility index (Phi) is 5.76. The number of rotatable bonds is 7. The Hall–Kier alpha value is -3.28. The third-order valence-electron chi connectivity index (χ3n) is 4.11. The Bertz CT molecular complexity index is 919. The number of esters is 1. The average molecular weight is 366 g/mol. The minimum absolute atomic E-state index is 0.108. The molecule has 1 N–H and O–H groups in total. The third-order valence-corrected chi connectivity index (χ3v) is 4.11. The summed E-state index contributed by atoms with van der Waals surface area (Å²) in [6.07, 6.45) is 0.108. The van der Waals surface area contributed by atoms with E-state index in [-0.39, 0.29) is 12.4 Å². The fraction of sp³-hybridized carbons (Fsp3) is 0.238. The number of nitrogens with one attached hydrogen (secondary N) is 1. The van der Waals surface area contributed by atoms with Gasteiger partial charge in [0.2, 0.25) is 0 Å². The van der Waals surface area contributed by atoms with E-state index in [4.69, 9.17) is 19.2 Å². The molecule has 0 bridgehead atoms. The summed E-state index contributed by atoms with van der Waals surface area (Å²) >= 11 is 0. The van der Waals surface area contributed by atoms with Crippen LogP contribution in [0.5, 0.6) is 11.5 Å². The van der Waals surface area contributed by atoms with Crippen molar-refractivity contribution in [1.29, 1.82) is 0 Å². The summed E-state index contributed by atoms with van der Waals surface area (Å²) in [5.41, 5.74) is 3.14. The molecule has 27 heavy (non-hydrogen) atoms. The van der Waals surface area contributed by atoms with Gasteiger partial charge < -0.3 is 19.2 Å². The molecule has 0 atom stereocenters. The van der Waals surface area contributed by atoms with Crippen molar-refractivity contribution in [2.75, 3.05) is 20.8 Å². The van der Waals surface area contributed by atoms with Crippen LogP contribution in [0.1, 0.15) is 12.6 Å². The van der Waals surface area contributed by atoms with Crippen LogP contribution in [0.3, 0.4) is 0 Å². The van der Waals surface area contributed by atoms with Gasteiger partial charge in [-0.05, 0) is 25.1 Å². The Morgan fingerprint density at radius 2 is 1.74 bits per heavy atom. The number of ether oxygens (including phenoxy) is 3. The minimum atomic E-state index is -0.303. The number of hydrogen-bond acceptors (Lipinski definition) is 5. The van der Waals surface area contributed by atoms with Gasteiger partial charge in [0.1, 0.15) is 5.82 Å². The molecule has 140 valence electrons. The van der Waals surface area contributed by atoms with Gasteiger partial charge >= 0.3 is 5.97 Å². The van der Waals surface area contributed by atoms with Crippen LogP contribution in [0.4, 0.5) is 0 Å². The van der Waals surface area contributed by atoms with Crippen molar-refractivity contribution in [2.24, 2.45) is 0 Å². The summed E-state index contributed by atoms with van der Waals surface area (Å²) < 4.78 is 15.8. The number of carbonyl (C=O) groups excluding carboxylic acids is 1. The van der Waals surface area contributed by atoms with E-state index >= 15 is 0 Å². The molecule has 0 unspecified atom stereocenters. The van der Waals surface area contributed by atoms with E-state index in [1.54, 1.807) is 21.1 Å². The Balaban J connectivity index is 2.06. The van der Waals surface area contributed by atoms with Crippen LogP contribution in [0, 0.1) is 0 Å². The maximum atomic E-state index is 12.1. The highest BCUT2D eigenvalue weighted by Gasteiger charge is 2.18. The highest BCUT2D eigenvalue weighted by molar-refractivity contribution is 5.78. The van der Waals surface area contributed by atoms with Crippen LogP contribution in [0.25, 0.3) is 22.6 Å². The normalized spacial score (nSPS) is 10.5. The lowest BCUT2D eigenvalue weighted by Gasteiger charge is -2.09. The molecule has 0 aliphatic rings. The molecule has 0 spiro atoms. The number of H-pyrrole nitrogens is 1. The molecule has 6 heteroatoms. The molecule has 0 amide bonds. The molecule has 0 saturated carbocycles. The van der Waals surface area contributed by atoms with Crippen LogP contribution >= 0.6 is 0 Å². The third kappa shape index (κ3) is 4.11. The van der Waals surface area contributed by atoms with E-state index in [1.807, 2.05) is 48.5 Å². The first-order valence-electron chi connectivity index (χ1n) is 8.68. The number of methoxy groups -OCH3 is 2. The van der Waals surface area contributed by atoms with Gasteiger partial charge in [-0.1, -0.05) is 30.3 Å². The number of nitrogens with zero attached hydrogens (tertiary/aromatic N) is 1. The second kappa shape index (κ2) is 8.40. The first kappa shape index (κ1) is 18.5. The minimum Gasteiger partial charge on any atom is -0.493 e. The van der Waals surface area contributed by atoms with Crippen molar-refractivity contribution >= 4 is 5.97 Å². The number of carbonyl (C=O) groups is 1. The fourth-order valence-corrected chi connectivity index (χ4v) is 2.85. The van der Waals surface area contributed by atoms with E-state index in [9.17, 15) is 4.79 Å². The van der Waals surface area contributed by atoms with Crippen LogP contribution in [-0.4, -0.2) is 36.8 Å². The Labute approximate surface area is 158 Å². The van der Waals surface area contributed by atoms with Crippen molar-refractivity contribution in [3.05, 3.63) is 54.2 Å². The quantitative estimate of drug-likeness (QED) is 0.643. The van der Waals surface area contributed by atoms with Crippen LogP contribution in [0.2, 0.25) is 0 Å². The van der Waals surface area contributed by atoms with Crippen molar-refractivity contribution in [2.45, 2.75) is 13.3 Å². The van der Waals surface area contributed by atoms with Gasteiger partial charge in [-0.15, -0.1) is 0 Å². The summed E-state index contributed by atoms with van der Waals surface area (Å²) in [7, 11) is 3.17. The van der Waals surface area contributed by atoms with Gasteiger partial charge in [0, 0.05) is 11.1 Å². The average Bonchev–Trinajstić information content (AvgIpc) is 3.12. The summed E-state index contributed by atoms with van der Waals surface area (Å²) in [5.74, 6) is 1.62. The van der Waals surface area contributed by atoms with Crippen molar-refractivity contribution < 1.29 is 19.0 Å². The highest BCUT2D eigenvalue weighted by Crippen LogP contribution is 2.34. The maximum Gasteiger partial charge on any atom is 0.311 e. The molecule has 1 aromatic heterocycles. The van der Waals surface area contributed by atoms with Crippen molar-refractivity contribution in [1.82, 2.24) is 9.97 Å². The molecular formula is C21H22N2O4. The zero-order chi connectivity index (χ0) is 19.2. The number of aromatic nitrogens is 2. The SMILES string of the molecule is CCOC(=O)Cc1[nH]c(-c2ccccc2)nc1-c1ccc(OC)c(OC)c1. The molecule has 3 rings (SSSR count). The number of hydrogen-bond donors (Lipinski definition) is 1.